The molecule has 0 aromatic carbocycles. The summed E-state index contributed by atoms with van der Waals surface area (Å²) < 4.78 is 76.1. The minimum atomic E-state index is -5.14. The maximum atomic E-state index is 10.4. The average molecular weight is 524 g/mol. The Morgan fingerprint density at radius 2 is 1.03 bits per heavy atom. The van der Waals surface area contributed by atoms with Gasteiger partial charge in [0.05, 0.1) is 6.67 Å². The minimum Gasteiger partial charge on any atom is -0.359 e. The Kier molecular flexibility index (Phi) is 19.9. The van der Waals surface area contributed by atoms with E-state index in [0.717, 1.165) is 13.2 Å². The first-order chi connectivity index (χ1) is 12.4. The van der Waals surface area contributed by atoms with Gasteiger partial charge in [-0.3, -0.25) is 39.1 Å². The molecule has 0 saturated carbocycles. The maximum absolute atomic E-state index is 10.4. The topological polar surface area (TPSA) is 237 Å². The molecule has 8 N–H and O–H groups in total. The van der Waals surface area contributed by atoms with Crippen molar-refractivity contribution in [3.05, 3.63) is 25.2 Å². The summed E-state index contributed by atoms with van der Waals surface area (Å²) in [5.74, 6) is 0. The summed E-state index contributed by atoms with van der Waals surface area (Å²) in [4.78, 5) is 60.0. The fourth-order valence-electron chi connectivity index (χ4n) is 0.808. The first kappa shape index (κ1) is 35.8. The van der Waals surface area contributed by atoms with E-state index in [1.165, 1.54) is 0 Å². The van der Waals surface area contributed by atoms with Crippen LogP contribution in [0.15, 0.2) is 25.2 Å². The van der Waals surface area contributed by atoms with Crippen molar-refractivity contribution in [1.82, 2.24) is 9.80 Å². The van der Waals surface area contributed by atoms with Gasteiger partial charge in [0.2, 0.25) is 0 Å². The lowest BCUT2D eigenvalue weighted by atomic mass is 10.6. The SMILES string of the molecule is C=CN1C=CN(CC)C1.O=P(O)(O)F.O=P(O)(O)F.O=P(O)(O)F.O=P(O)(O)F. The summed E-state index contributed by atoms with van der Waals surface area (Å²) in [5.41, 5.74) is 0. The van der Waals surface area contributed by atoms with Gasteiger partial charge >= 0.3 is 31.6 Å². The molecular formula is C7H20F4N2O12P4. The molecule has 0 amide bonds. The molecule has 1 heterocycles. The van der Waals surface area contributed by atoms with Crippen LogP contribution in [0.4, 0.5) is 16.8 Å². The Balaban J connectivity index is -0.000000140. The third-order valence-corrected chi connectivity index (χ3v) is 1.45. The number of halogens is 4. The molecule has 14 nitrogen and oxygen atoms in total. The van der Waals surface area contributed by atoms with Crippen molar-refractivity contribution < 1.29 is 74.2 Å². The van der Waals surface area contributed by atoms with E-state index < -0.39 is 31.6 Å². The second kappa shape index (κ2) is 16.1. The average Bonchev–Trinajstić information content (AvgIpc) is 2.78. The van der Waals surface area contributed by atoms with E-state index in [1.54, 1.807) is 0 Å². The van der Waals surface area contributed by atoms with Crippen molar-refractivity contribution in [1.29, 1.82) is 0 Å². The lowest BCUT2D eigenvalue weighted by molar-refractivity contribution is 0.320. The van der Waals surface area contributed by atoms with Crippen LogP contribution >= 0.6 is 31.6 Å². The predicted octanol–water partition coefficient (Wildman–Crippen LogP) is 1.39. The van der Waals surface area contributed by atoms with Crippen LogP contribution in [0.3, 0.4) is 0 Å². The van der Waals surface area contributed by atoms with Crippen molar-refractivity contribution in [2.45, 2.75) is 6.92 Å². The second-order valence-corrected chi connectivity index (χ2v) is 7.72. The zero-order valence-electron chi connectivity index (χ0n) is 14.3. The Labute approximate surface area is 161 Å². The summed E-state index contributed by atoms with van der Waals surface area (Å²) in [6.45, 7) is 7.82. The molecule has 0 spiro atoms. The van der Waals surface area contributed by atoms with Gasteiger partial charge in [0.1, 0.15) is 0 Å². The minimum absolute atomic E-state index is 0.958. The first-order valence-corrected chi connectivity index (χ1v) is 12.2. The summed E-state index contributed by atoms with van der Waals surface area (Å²) in [6.07, 6.45) is 5.92. The van der Waals surface area contributed by atoms with Crippen molar-refractivity contribution in [2.75, 3.05) is 13.2 Å². The normalized spacial score (nSPS) is 13.4. The standard InChI is InChI=1S/C7H12N2.4FH2O3P/c1-3-8-5-6-9(4-2)7-8;4*1-5(2,3)4/h3,5-6H,1,4,7H2,2H3;4*(H2,2,3,4). The number of hydrogen-bond acceptors (Lipinski definition) is 6. The molecule has 0 saturated heterocycles. The molecule has 0 aromatic rings. The van der Waals surface area contributed by atoms with Gasteiger partial charge in [-0.15, -0.1) is 16.8 Å². The van der Waals surface area contributed by atoms with Gasteiger partial charge in [-0.05, 0) is 13.1 Å². The van der Waals surface area contributed by atoms with Crippen LogP contribution in [0.25, 0.3) is 0 Å². The van der Waals surface area contributed by atoms with Crippen LogP contribution in [0.2, 0.25) is 0 Å². The van der Waals surface area contributed by atoms with E-state index in [1.807, 2.05) is 17.3 Å². The van der Waals surface area contributed by atoms with Crippen molar-refractivity contribution in [2.24, 2.45) is 0 Å². The van der Waals surface area contributed by atoms with E-state index in [0.29, 0.717) is 0 Å². The van der Waals surface area contributed by atoms with E-state index >= 15 is 0 Å². The second-order valence-electron chi connectivity index (χ2n) is 3.93. The van der Waals surface area contributed by atoms with Crippen molar-refractivity contribution >= 4 is 31.6 Å². The molecule has 29 heavy (non-hydrogen) atoms. The number of nitrogens with zero attached hydrogens (tertiary/aromatic N) is 2. The molecule has 0 radical (unpaired) electrons. The highest BCUT2D eigenvalue weighted by Crippen LogP contribution is 2.36. The summed E-state index contributed by atoms with van der Waals surface area (Å²) >= 11 is 0. The highest BCUT2D eigenvalue weighted by molar-refractivity contribution is 7.46. The molecule has 0 fully saturated rings. The Bertz CT molecular complexity index is 544. The first-order valence-electron chi connectivity index (χ1n) is 6.18. The van der Waals surface area contributed by atoms with Gasteiger partial charge < -0.3 is 9.80 Å². The Hall–Kier alpha value is -0.600. The molecule has 1 aliphatic rings. The van der Waals surface area contributed by atoms with E-state index in [9.17, 15) is 16.8 Å². The van der Waals surface area contributed by atoms with Gasteiger partial charge in [-0.25, -0.2) is 18.3 Å². The number of hydrogen-bond donors (Lipinski definition) is 8. The maximum Gasteiger partial charge on any atom is 0.507 e. The molecule has 1 rings (SSSR count). The Morgan fingerprint density at radius 3 is 1.14 bits per heavy atom. The van der Waals surface area contributed by atoms with Crippen LogP contribution in [0, 0.1) is 0 Å². The molecule has 1 aliphatic heterocycles. The van der Waals surface area contributed by atoms with Crippen LogP contribution in [-0.2, 0) is 18.3 Å². The summed E-state index contributed by atoms with van der Waals surface area (Å²) in [6, 6.07) is 0. The van der Waals surface area contributed by atoms with Gasteiger partial charge in [0, 0.05) is 18.9 Å². The highest BCUT2D eigenvalue weighted by Gasteiger charge is 2.06. The lowest BCUT2D eigenvalue weighted by Crippen LogP contribution is -2.20. The third kappa shape index (κ3) is 115. The van der Waals surface area contributed by atoms with Crippen LogP contribution in [0.1, 0.15) is 6.92 Å². The quantitative estimate of drug-likeness (QED) is 0.188. The van der Waals surface area contributed by atoms with Crippen molar-refractivity contribution in [3.8, 4) is 0 Å². The van der Waals surface area contributed by atoms with Crippen LogP contribution in [0.5, 0.6) is 0 Å². The van der Waals surface area contributed by atoms with Gasteiger partial charge in [-0.2, -0.15) is 0 Å². The fraction of sp³-hybridized carbons (Fsp3) is 0.429. The molecule has 0 unspecified atom stereocenters. The Morgan fingerprint density at radius 1 is 0.793 bits per heavy atom. The lowest BCUT2D eigenvalue weighted by Gasteiger charge is -2.15. The molecule has 0 aliphatic carbocycles. The third-order valence-electron chi connectivity index (χ3n) is 1.45. The summed E-state index contributed by atoms with van der Waals surface area (Å²) in [5, 5.41) is 0. The molecule has 0 aromatic heterocycles. The van der Waals surface area contributed by atoms with Gasteiger partial charge in [0.15, 0.2) is 0 Å². The largest absolute Gasteiger partial charge is 0.507 e. The van der Waals surface area contributed by atoms with E-state index in [2.05, 4.69) is 24.6 Å². The molecular weight excluding hydrogens is 504 g/mol. The monoisotopic (exact) mass is 524 g/mol. The van der Waals surface area contributed by atoms with Gasteiger partial charge in [0.25, 0.3) is 0 Å². The zero-order valence-corrected chi connectivity index (χ0v) is 17.8. The molecule has 0 bridgehead atoms. The predicted molar refractivity (Wildman–Crippen MR) is 91.0 cm³/mol. The molecule has 22 heteroatoms. The van der Waals surface area contributed by atoms with Gasteiger partial charge in [-0.1, -0.05) is 6.58 Å². The fourth-order valence-corrected chi connectivity index (χ4v) is 0.808. The van der Waals surface area contributed by atoms with Crippen LogP contribution < -0.4 is 0 Å². The zero-order chi connectivity index (χ0) is 24.7. The summed E-state index contributed by atoms with van der Waals surface area (Å²) in [7, 11) is -20.6. The number of rotatable bonds is 2. The van der Waals surface area contributed by atoms with Crippen LogP contribution in [-0.4, -0.2) is 62.2 Å². The van der Waals surface area contributed by atoms with E-state index in [-0.39, 0.29) is 0 Å². The smallest absolute Gasteiger partial charge is 0.359 e. The van der Waals surface area contributed by atoms with E-state index in [4.69, 9.17) is 57.4 Å². The van der Waals surface area contributed by atoms with Crippen molar-refractivity contribution in [3.63, 3.8) is 0 Å². The molecule has 0 atom stereocenters. The molecule has 178 valence electrons. The highest BCUT2D eigenvalue weighted by atomic mass is 31.2.